The molecule has 0 spiro atoms. The molecule has 2 saturated heterocycles. The van der Waals surface area contributed by atoms with Gasteiger partial charge in [-0.2, -0.15) is 0 Å². The van der Waals surface area contributed by atoms with E-state index < -0.39 is 0 Å². The van der Waals surface area contributed by atoms with Gasteiger partial charge >= 0.3 is 0 Å². The van der Waals surface area contributed by atoms with Gasteiger partial charge in [0.15, 0.2) is 5.82 Å². The summed E-state index contributed by atoms with van der Waals surface area (Å²) in [7, 11) is 0. The number of aromatic amines is 1. The fourth-order valence-corrected chi connectivity index (χ4v) is 9.67. The Hall–Kier alpha value is -7.11. The number of nitrogens with zero attached hydrogens (tertiary/aromatic N) is 8. The van der Waals surface area contributed by atoms with Crippen LogP contribution in [0.25, 0.3) is 11.0 Å². The number of carbonyl (C=O) groups is 3. The Labute approximate surface area is 414 Å². The topological polar surface area (TPSA) is 180 Å². The summed E-state index contributed by atoms with van der Waals surface area (Å²) in [5.41, 5.74) is 7.59. The standard InChI is InChI=1S/C54H64N10O7/c1-6-38-30-46-47(59-51(38)65)28-37(31-55-46)33-60-22-24-61(25-23-60)41-12-15-45(56-32-41)54(68)62-19-16-42(17-20-62)69-26-27-70-44-9-7-8-39(29-44)53(67)63-21-18-49-48(34-63)58-50(64(49)35(2)3)52(66)57-40-10-13-43(14-11-40)71-36(4)5/h7-15,28-32,35-36,42H,6,16-27,33-34H2,1-5H3,(H,57,66)(H,59,65). The number of amides is 3. The smallest absolute Gasteiger partial charge is 0.291 e. The number of aryl methyl sites for hydroxylation is 1. The van der Waals surface area contributed by atoms with E-state index in [1.54, 1.807) is 23.2 Å². The Bertz CT molecular complexity index is 2900. The lowest BCUT2D eigenvalue weighted by molar-refractivity contribution is -0.00250. The highest BCUT2D eigenvalue weighted by molar-refractivity contribution is 6.02. The van der Waals surface area contributed by atoms with Crippen molar-refractivity contribution in [2.24, 2.45) is 0 Å². The number of piperidine rings is 1. The van der Waals surface area contributed by atoms with Crippen LogP contribution in [0.15, 0.2) is 90.0 Å². The monoisotopic (exact) mass is 964 g/mol. The molecule has 71 heavy (non-hydrogen) atoms. The number of anilines is 2. The molecule has 0 saturated carbocycles. The molecule has 0 atom stereocenters. The molecule has 2 aromatic carbocycles. The molecule has 6 aromatic rings. The molecule has 7 heterocycles. The fraction of sp³-hybridized carbons (Fsp3) is 0.426. The van der Waals surface area contributed by atoms with Gasteiger partial charge in [0.1, 0.15) is 23.8 Å². The number of carbonyl (C=O) groups excluding carboxylic acids is 3. The number of piperazine rings is 1. The van der Waals surface area contributed by atoms with Gasteiger partial charge in [-0.25, -0.2) is 9.97 Å². The minimum absolute atomic E-state index is 0.00275. The number of likely N-dealkylation sites (tertiary alicyclic amines) is 1. The van der Waals surface area contributed by atoms with Gasteiger partial charge in [0, 0.05) is 93.5 Å². The van der Waals surface area contributed by atoms with Crippen LogP contribution in [0.5, 0.6) is 11.5 Å². The molecule has 372 valence electrons. The van der Waals surface area contributed by atoms with Gasteiger partial charge in [0.25, 0.3) is 23.3 Å². The van der Waals surface area contributed by atoms with Crippen molar-refractivity contribution in [2.75, 3.05) is 69.2 Å². The first-order valence-electron chi connectivity index (χ1n) is 24.9. The number of imidazole rings is 1. The number of aromatic nitrogens is 5. The number of H-pyrrole nitrogens is 1. The van der Waals surface area contributed by atoms with Crippen molar-refractivity contribution in [3.63, 3.8) is 0 Å². The van der Waals surface area contributed by atoms with Gasteiger partial charge in [-0.15, -0.1) is 0 Å². The van der Waals surface area contributed by atoms with Crippen LogP contribution in [-0.2, 0) is 30.7 Å². The molecule has 3 aliphatic heterocycles. The maximum Gasteiger partial charge on any atom is 0.291 e. The summed E-state index contributed by atoms with van der Waals surface area (Å²) in [5.74, 6) is 1.10. The number of hydrogen-bond acceptors (Lipinski definition) is 12. The average Bonchev–Trinajstić information content (AvgIpc) is 3.78. The summed E-state index contributed by atoms with van der Waals surface area (Å²) >= 11 is 0. The Balaban J connectivity index is 0.692. The van der Waals surface area contributed by atoms with E-state index in [2.05, 4.69) is 30.1 Å². The minimum atomic E-state index is -0.309. The SMILES string of the molecule is CCc1cc2ncc(CN3CCN(c4ccc(C(=O)N5CCC(OCCOc6cccc(C(=O)N7CCc8c(nc(C(=O)Nc9ccc(OC(C)C)cc9)n8C(C)C)C7)c6)CC5)nc4)CC3)cc2[nH]c1=O. The fourth-order valence-electron chi connectivity index (χ4n) is 9.67. The number of ether oxygens (including phenoxy) is 3. The van der Waals surface area contributed by atoms with E-state index in [0.29, 0.717) is 93.6 Å². The molecule has 17 heteroatoms. The van der Waals surface area contributed by atoms with Crippen LogP contribution >= 0.6 is 0 Å². The summed E-state index contributed by atoms with van der Waals surface area (Å²) in [6, 6.07) is 22.2. The maximum atomic E-state index is 13.8. The Morgan fingerprint density at radius 2 is 1.61 bits per heavy atom. The third kappa shape index (κ3) is 11.6. The number of benzene rings is 2. The third-order valence-corrected chi connectivity index (χ3v) is 13.4. The Morgan fingerprint density at radius 1 is 0.817 bits per heavy atom. The molecule has 4 aromatic heterocycles. The van der Waals surface area contributed by atoms with Gasteiger partial charge in [-0.3, -0.25) is 29.1 Å². The molecule has 3 aliphatic rings. The second-order valence-corrected chi connectivity index (χ2v) is 19.1. The van der Waals surface area contributed by atoms with E-state index in [0.717, 1.165) is 77.7 Å². The quantitative estimate of drug-likeness (QED) is 0.0959. The number of fused-ring (bicyclic) bond motifs is 2. The van der Waals surface area contributed by atoms with Gasteiger partial charge in [-0.05, 0) is 119 Å². The van der Waals surface area contributed by atoms with Crippen molar-refractivity contribution in [1.82, 2.24) is 39.2 Å². The molecular formula is C54H64N10O7. The molecular weight excluding hydrogens is 901 g/mol. The highest BCUT2D eigenvalue weighted by Gasteiger charge is 2.31. The lowest BCUT2D eigenvalue weighted by Gasteiger charge is -2.36. The van der Waals surface area contributed by atoms with E-state index in [4.69, 9.17) is 19.2 Å². The van der Waals surface area contributed by atoms with Gasteiger partial charge in [-0.1, -0.05) is 13.0 Å². The summed E-state index contributed by atoms with van der Waals surface area (Å²) in [5, 5.41) is 2.97. The van der Waals surface area contributed by atoms with Crippen molar-refractivity contribution in [1.29, 1.82) is 0 Å². The summed E-state index contributed by atoms with van der Waals surface area (Å²) in [4.78, 5) is 78.4. The third-order valence-electron chi connectivity index (χ3n) is 13.4. The van der Waals surface area contributed by atoms with Crippen LogP contribution in [0, 0.1) is 0 Å². The van der Waals surface area contributed by atoms with E-state index in [1.165, 1.54) is 0 Å². The first-order valence-corrected chi connectivity index (χ1v) is 24.9. The molecule has 3 amide bonds. The van der Waals surface area contributed by atoms with E-state index in [9.17, 15) is 19.2 Å². The number of nitrogens with one attached hydrogen (secondary N) is 2. The van der Waals surface area contributed by atoms with Gasteiger partial charge in [0.2, 0.25) is 0 Å². The predicted molar refractivity (Wildman–Crippen MR) is 271 cm³/mol. The van der Waals surface area contributed by atoms with Crippen LogP contribution in [0.1, 0.15) is 107 Å². The highest BCUT2D eigenvalue weighted by atomic mass is 16.5. The summed E-state index contributed by atoms with van der Waals surface area (Å²) in [6.45, 7) is 16.7. The summed E-state index contributed by atoms with van der Waals surface area (Å²) in [6.07, 6.45) is 6.43. The van der Waals surface area contributed by atoms with Crippen LogP contribution in [-0.4, -0.2) is 128 Å². The maximum absolute atomic E-state index is 13.8. The van der Waals surface area contributed by atoms with E-state index in [-0.39, 0.29) is 41.5 Å². The van der Waals surface area contributed by atoms with Crippen molar-refractivity contribution < 1.29 is 28.6 Å². The predicted octanol–water partition coefficient (Wildman–Crippen LogP) is 6.92. The van der Waals surface area contributed by atoms with Crippen molar-refractivity contribution in [2.45, 2.75) is 91.6 Å². The van der Waals surface area contributed by atoms with E-state index in [1.807, 2.05) is 111 Å². The molecule has 2 N–H and O–H groups in total. The second kappa shape index (κ2) is 21.9. The zero-order chi connectivity index (χ0) is 49.6. The van der Waals surface area contributed by atoms with Crippen molar-refractivity contribution in [3.05, 3.63) is 135 Å². The van der Waals surface area contributed by atoms with E-state index >= 15 is 0 Å². The molecule has 0 bridgehead atoms. The van der Waals surface area contributed by atoms with Crippen LogP contribution < -0.4 is 25.2 Å². The zero-order valence-electron chi connectivity index (χ0n) is 41.4. The largest absolute Gasteiger partial charge is 0.491 e. The van der Waals surface area contributed by atoms with Crippen LogP contribution in [0.4, 0.5) is 11.4 Å². The molecule has 9 rings (SSSR count). The van der Waals surface area contributed by atoms with Gasteiger partial charge < -0.3 is 43.8 Å². The first-order chi connectivity index (χ1) is 34.4. The molecule has 17 nitrogen and oxygen atoms in total. The molecule has 0 radical (unpaired) electrons. The summed E-state index contributed by atoms with van der Waals surface area (Å²) < 4.78 is 19.9. The zero-order valence-corrected chi connectivity index (χ0v) is 41.4. The Morgan fingerprint density at radius 3 is 2.32 bits per heavy atom. The molecule has 2 fully saturated rings. The number of pyridine rings is 3. The average molecular weight is 965 g/mol. The minimum Gasteiger partial charge on any atom is -0.491 e. The van der Waals surface area contributed by atoms with Crippen LogP contribution in [0.2, 0.25) is 0 Å². The second-order valence-electron chi connectivity index (χ2n) is 19.1. The molecule has 0 unspecified atom stereocenters. The highest BCUT2D eigenvalue weighted by Crippen LogP contribution is 2.28. The first kappa shape index (κ1) is 48.9. The number of rotatable bonds is 16. The lowest BCUT2D eigenvalue weighted by Crippen LogP contribution is -2.46. The van der Waals surface area contributed by atoms with Crippen molar-refractivity contribution in [3.8, 4) is 11.5 Å². The molecule has 0 aliphatic carbocycles. The normalized spacial score (nSPS) is 15.6. The van der Waals surface area contributed by atoms with Gasteiger partial charge in [0.05, 0.1) is 54.0 Å². The Kier molecular flexibility index (Phi) is 15.1. The number of hydrogen-bond donors (Lipinski definition) is 2. The van der Waals surface area contributed by atoms with Crippen LogP contribution in [0.3, 0.4) is 0 Å². The van der Waals surface area contributed by atoms with Crippen molar-refractivity contribution >= 4 is 40.1 Å². The lowest BCUT2D eigenvalue weighted by atomic mass is 10.1.